The molecular formula is C15H23ClFN3O3S. The summed E-state index contributed by atoms with van der Waals surface area (Å²) in [5, 5.41) is 3.29. The monoisotopic (exact) mass is 379 g/mol. The fourth-order valence-corrected chi connectivity index (χ4v) is 4.77. The van der Waals surface area contributed by atoms with Crippen LogP contribution in [-0.2, 0) is 10.0 Å². The SMILES string of the molecule is COc1ccc(S(=O)(=O)N2CCC(N3CCNCC3)C2)c(F)c1.Cl. The van der Waals surface area contributed by atoms with Gasteiger partial charge in [0, 0.05) is 51.4 Å². The van der Waals surface area contributed by atoms with E-state index in [1.165, 1.54) is 23.5 Å². The molecular weight excluding hydrogens is 357 g/mol. The summed E-state index contributed by atoms with van der Waals surface area (Å²) >= 11 is 0. The van der Waals surface area contributed by atoms with Crippen molar-refractivity contribution < 1.29 is 17.5 Å². The van der Waals surface area contributed by atoms with Gasteiger partial charge < -0.3 is 10.1 Å². The molecule has 3 rings (SSSR count). The number of hydrogen-bond acceptors (Lipinski definition) is 5. The van der Waals surface area contributed by atoms with Crippen LogP contribution in [0.5, 0.6) is 5.75 Å². The lowest BCUT2D eigenvalue weighted by molar-refractivity contribution is 0.179. The maximum absolute atomic E-state index is 14.1. The molecule has 2 aliphatic heterocycles. The molecule has 2 aliphatic rings. The van der Waals surface area contributed by atoms with Crippen LogP contribution in [0.1, 0.15) is 6.42 Å². The minimum atomic E-state index is -3.81. The Morgan fingerprint density at radius 2 is 1.96 bits per heavy atom. The zero-order chi connectivity index (χ0) is 16.4. The van der Waals surface area contributed by atoms with Crippen LogP contribution in [0.15, 0.2) is 23.1 Å². The summed E-state index contributed by atoms with van der Waals surface area (Å²) in [5.41, 5.74) is 0. The van der Waals surface area contributed by atoms with E-state index in [0.29, 0.717) is 18.8 Å². The highest BCUT2D eigenvalue weighted by Crippen LogP contribution is 2.27. The second-order valence-electron chi connectivity index (χ2n) is 5.89. The second-order valence-corrected chi connectivity index (χ2v) is 7.79. The van der Waals surface area contributed by atoms with E-state index >= 15 is 0 Å². The van der Waals surface area contributed by atoms with E-state index < -0.39 is 15.8 Å². The van der Waals surface area contributed by atoms with Crippen molar-refractivity contribution >= 4 is 22.4 Å². The third-order valence-electron chi connectivity index (χ3n) is 4.55. The Labute approximate surface area is 148 Å². The Hall–Kier alpha value is -0.930. The molecule has 24 heavy (non-hydrogen) atoms. The van der Waals surface area contributed by atoms with Gasteiger partial charge in [-0.15, -0.1) is 12.4 Å². The van der Waals surface area contributed by atoms with Crippen LogP contribution in [-0.4, -0.2) is 70.0 Å². The van der Waals surface area contributed by atoms with Crippen LogP contribution in [0.4, 0.5) is 4.39 Å². The first-order valence-corrected chi connectivity index (χ1v) is 9.25. The van der Waals surface area contributed by atoms with Crippen molar-refractivity contribution in [3.8, 4) is 5.75 Å². The molecule has 0 aliphatic carbocycles. The molecule has 2 heterocycles. The predicted octanol–water partition coefficient (Wildman–Crippen LogP) is 0.924. The molecule has 2 saturated heterocycles. The van der Waals surface area contributed by atoms with Crippen molar-refractivity contribution in [1.29, 1.82) is 0 Å². The first-order chi connectivity index (χ1) is 11.0. The normalized spacial score (nSPS) is 23.0. The Bertz CT molecular complexity index is 668. The molecule has 1 aromatic carbocycles. The first-order valence-electron chi connectivity index (χ1n) is 7.81. The number of rotatable bonds is 4. The summed E-state index contributed by atoms with van der Waals surface area (Å²) in [7, 11) is -2.39. The number of methoxy groups -OCH3 is 1. The Morgan fingerprint density at radius 1 is 1.25 bits per heavy atom. The fourth-order valence-electron chi connectivity index (χ4n) is 3.23. The molecule has 0 radical (unpaired) electrons. The first kappa shape index (κ1) is 19.4. The fraction of sp³-hybridized carbons (Fsp3) is 0.600. The topological polar surface area (TPSA) is 61.9 Å². The lowest BCUT2D eigenvalue weighted by atomic mass is 10.2. The molecule has 0 bridgehead atoms. The Kier molecular flexibility index (Phi) is 6.44. The van der Waals surface area contributed by atoms with Crippen molar-refractivity contribution in [2.75, 3.05) is 46.4 Å². The Morgan fingerprint density at radius 3 is 2.58 bits per heavy atom. The van der Waals surface area contributed by atoms with Crippen LogP contribution >= 0.6 is 12.4 Å². The number of sulfonamides is 1. The molecule has 136 valence electrons. The summed E-state index contributed by atoms with van der Waals surface area (Å²) in [4.78, 5) is 2.04. The van der Waals surface area contributed by atoms with Gasteiger partial charge in [0.1, 0.15) is 16.5 Å². The van der Waals surface area contributed by atoms with Gasteiger partial charge in [-0.2, -0.15) is 4.31 Å². The van der Waals surface area contributed by atoms with Crippen LogP contribution in [0.25, 0.3) is 0 Å². The van der Waals surface area contributed by atoms with Gasteiger partial charge in [0.05, 0.1) is 7.11 Å². The molecule has 9 heteroatoms. The maximum Gasteiger partial charge on any atom is 0.246 e. The summed E-state index contributed by atoms with van der Waals surface area (Å²) < 4.78 is 45.8. The molecule has 0 amide bonds. The van der Waals surface area contributed by atoms with Crippen LogP contribution in [0, 0.1) is 5.82 Å². The maximum atomic E-state index is 14.1. The molecule has 0 aromatic heterocycles. The summed E-state index contributed by atoms with van der Waals surface area (Å²) in [5.74, 6) is -0.462. The lowest BCUT2D eigenvalue weighted by Gasteiger charge is -2.32. The number of halogens is 2. The quantitative estimate of drug-likeness (QED) is 0.843. The lowest BCUT2D eigenvalue weighted by Crippen LogP contribution is -2.49. The van der Waals surface area contributed by atoms with Gasteiger partial charge in [0.25, 0.3) is 0 Å². The number of ether oxygens (including phenoxy) is 1. The van der Waals surface area contributed by atoms with E-state index in [4.69, 9.17) is 4.74 Å². The van der Waals surface area contributed by atoms with Crippen molar-refractivity contribution in [1.82, 2.24) is 14.5 Å². The van der Waals surface area contributed by atoms with Crippen molar-refractivity contribution in [2.24, 2.45) is 0 Å². The number of piperazine rings is 1. The van der Waals surface area contributed by atoms with E-state index in [0.717, 1.165) is 38.7 Å². The standard InChI is InChI=1S/C15H22FN3O3S.ClH/c1-22-13-2-3-15(14(16)10-13)23(20,21)19-7-4-12(11-19)18-8-5-17-6-9-18;/h2-3,10,12,17H,4-9,11H2,1H3;1H. The zero-order valence-electron chi connectivity index (χ0n) is 13.6. The van der Waals surface area contributed by atoms with Crippen molar-refractivity contribution in [3.63, 3.8) is 0 Å². The van der Waals surface area contributed by atoms with E-state index in [1.807, 2.05) is 0 Å². The number of benzene rings is 1. The smallest absolute Gasteiger partial charge is 0.246 e. The molecule has 1 atom stereocenters. The number of hydrogen-bond donors (Lipinski definition) is 1. The zero-order valence-corrected chi connectivity index (χ0v) is 15.2. The van der Waals surface area contributed by atoms with Crippen LogP contribution in [0.2, 0.25) is 0 Å². The van der Waals surface area contributed by atoms with E-state index in [1.54, 1.807) is 0 Å². The molecule has 0 spiro atoms. The summed E-state index contributed by atoms with van der Waals surface area (Å²) in [6.07, 6.45) is 0.789. The largest absolute Gasteiger partial charge is 0.497 e. The van der Waals surface area contributed by atoms with Crippen molar-refractivity contribution in [2.45, 2.75) is 17.4 Å². The average molecular weight is 380 g/mol. The van der Waals surface area contributed by atoms with Crippen LogP contribution < -0.4 is 10.1 Å². The highest BCUT2D eigenvalue weighted by molar-refractivity contribution is 7.89. The van der Waals surface area contributed by atoms with Gasteiger partial charge in [-0.3, -0.25) is 4.90 Å². The van der Waals surface area contributed by atoms with Gasteiger partial charge in [-0.25, -0.2) is 12.8 Å². The number of nitrogens with zero attached hydrogens (tertiary/aromatic N) is 2. The van der Waals surface area contributed by atoms with Gasteiger partial charge in [-0.1, -0.05) is 0 Å². The van der Waals surface area contributed by atoms with Crippen LogP contribution in [0.3, 0.4) is 0 Å². The molecule has 6 nitrogen and oxygen atoms in total. The predicted molar refractivity (Wildman–Crippen MR) is 91.8 cm³/mol. The Balaban J connectivity index is 0.00000208. The molecule has 1 N–H and O–H groups in total. The van der Waals surface area contributed by atoms with Gasteiger partial charge >= 0.3 is 0 Å². The van der Waals surface area contributed by atoms with E-state index in [9.17, 15) is 12.8 Å². The average Bonchev–Trinajstić information content (AvgIpc) is 3.06. The molecule has 0 saturated carbocycles. The third-order valence-corrected chi connectivity index (χ3v) is 6.45. The van der Waals surface area contributed by atoms with Gasteiger partial charge in [-0.05, 0) is 18.6 Å². The van der Waals surface area contributed by atoms with E-state index in [-0.39, 0.29) is 23.3 Å². The van der Waals surface area contributed by atoms with Crippen molar-refractivity contribution in [3.05, 3.63) is 24.0 Å². The molecule has 1 aromatic rings. The summed E-state index contributed by atoms with van der Waals surface area (Å²) in [6, 6.07) is 4.08. The van der Waals surface area contributed by atoms with E-state index in [2.05, 4.69) is 10.2 Å². The highest BCUT2D eigenvalue weighted by atomic mass is 35.5. The number of nitrogens with one attached hydrogen (secondary N) is 1. The van der Waals surface area contributed by atoms with Gasteiger partial charge in [0.15, 0.2) is 0 Å². The summed E-state index contributed by atoms with van der Waals surface area (Å²) in [6.45, 7) is 4.56. The third kappa shape index (κ3) is 3.83. The molecule has 1 unspecified atom stereocenters. The highest BCUT2D eigenvalue weighted by Gasteiger charge is 2.36. The minimum absolute atomic E-state index is 0. The second kappa shape index (κ2) is 7.97. The minimum Gasteiger partial charge on any atom is -0.497 e. The van der Waals surface area contributed by atoms with Gasteiger partial charge in [0.2, 0.25) is 10.0 Å². The molecule has 2 fully saturated rings.